The van der Waals surface area contributed by atoms with Crippen molar-refractivity contribution < 1.29 is 9.53 Å². The van der Waals surface area contributed by atoms with Crippen molar-refractivity contribution in [1.29, 1.82) is 0 Å². The zero-order chi connectivity index (χ0) is 12.3. The minimum atomic E-state index is -0.114. The number of aryl methyl sites for hydroxylation is 1. The smallest absolute Gasteiger partial charge is 0.322 e. The lowest BCUT2D eigenvalue weighted by molar-refractivity contribution is -0.0276. The minimum absolute atomic E-state index is 0.114. The van der Waals surface area contributed by atoms with E-state index >= 15 is 0 Å². The van der Waals surface area contributed by atoms with Gasteiger partial charge in [0.2, 0.25) is 0 Å². The van der Waals surface area contributed by atoms with Crippen molar-refractivity contribution in [1.82, 2.24) is 15.1 Å². The number of nitrogens with one attached hydrogen (secondary N) is 1. The van der Waals surface area contributed by atoms with Crippen LogP contribution in [0.4, 0.5) is 10.5 Å². The molecule has 0 bridgehead atoms. The third-order valence-electron chi connectivity index (χ3n) is 2.68. The Labute approximate surface area is 100.0 Å². The van der Waals surface area contributed by atoms with Crippen LogP contribution in [0.5, 0.6) is 0 Å². The van der Waals surface area contributed by atoms with Crippen LogP contribution in [0.15, 0.2) is 12.3 Å². The number of hydrogen-bond acceptors (Lipinski definition) is 4. The SMILES string of the molecule is CCOC1CN(C(=O)Nc2ccnnc2C)C1. The highest BCUT2D eigenvalue weighted by Crippen LogP contribution is 2.15. The molecule has 1 saturated heterocycles. The highest BCUT2D eigenvalue weighted by atomic mass is 16.5. The summed E-state index contributed by atoms with van der Waals surface area (Å²) in [5.74, 6) is 0. The van der Waals surface area contributed by atoms with Crippen LogP contribution in [0.25, 0.3) is 0 Å². The lowest BCUT2D eigenvalue weighted by atomic mass is 10.2. The molecule has 1 fully saturated rings. The van der Waals surface area contributed by atoms with E-state index in [9.17, 15) is 4.79 Å². The molecule has 1 aromatic rings. The lowest BCUT2D eigenvalue weighted by Crippen LogP contribution is -2.56. The molecule has 0 aromatic carbocycles. The van der Waals surface area contributed by atoms with Crippen molar-refractivity contribution >= 4 is 11.7 Å². The standard InChI is InChI=1S/C11H16N4O2/c1-3-17-9-6-15(7-9)11(16)13-10-4-5-12-14-8(10)2/h4-5,9H,3,6-7H2,1-2H3,(H,12,13,16). The maximum atomic E-state index is 11.8. The summed E-state index contributed by atoms with van der Waals surface area (Å²) in [5.41, 5.74) is 1.41. The summed E-state index contributed by atoms with van der Waals surface area (Å²) in [5, 5.41) is 10.4. The van der Waals surface area contributed by atoms with Gasteiger partial charge in [0, 0.05) is 6.61 Å². The predicted molar refractivity (Wildman–Crippen MR) is 62.8 cm³/mol. The Hall–Kier alpha value is -1.69. The van der Waals surface area contributed by atoms with Gasteiger partial charge in [-0.2, -0.15) is 10.2 Å². The fraction of sp³-hybridized carbons (Fsp3) is 0.545. The molecule has 6 heteroatoms. The maximum Gasteiger partial charge on any atom is 0.322 e. The van der Waals surface area contributed by atoms with Crippen LogP contribution in [0.1, 0.15) is 12.6 Å². The molecule has 0 spiro atoms. The number of carbonyl (C=O) groups is 1. The van der Waals surface area contributed by atoms with Gasteiger partial charge >= 0.3 is 6.03 Å². The van der Waals surface area contributed by atoms with Crippen molar-refractivity contribution in [3.8, 4) is 0 Å². The summed E-state index contributed by atoms with van der Waals surface area (Å²) >= 11 is 0. The molecule has 2 amide bonds. The fourth-order valence-corrected chi connectivity index (χ4v) is 1.67. The van der Waals surface area contributed by atoms with Crippen LogP contribution in [-0.4, -0.2) is 46.9 Å². The summed E-state index contributed by atoms with van der Waals surface area (Å²) in [7, 11) is 0. The van der Waals surface area contributed by atoms with E-state index in [-0.39, 0.29) is 12.1 Å². The normalized spacial score (nSPS) is 15.5. The van der Waals surface area contributed by atoms with Gasteiger partial charge < -0.3 is 15.0 Å². The number of urea groups is 1. The van der Waals surface area contributed by atoms with Gasteiger partial charge in [-0.25, -0.2) is 4.79 Å². The molecule has 0 atom stereocenters. The predicted octanol–water partition coefficient (Wildman–Crippen LogP) is 1.04. The van der Waals surface area contributed by atoms with E-state index in [0.717, 1.165) is 0 Å². The monoisotopic (exact) mass is 236 g/mol. The number of likely N-dealkylation sites (tertiary alicyclic amines) is 1. The van der Waals surface area contributed by atoms with E-state index in [1.54, 1.807) is 17.2 Å². The molecule has 6 nitrogen and oxygen atoms in total. The number of carbonyl (C=O) groups excluding carboxylic acids is 1. The van der Waals surface area contributed by atoms with Crippen LogP contribution < -0.4 is 5.32 Å². The summed E-state index contributed by atoms with van der Waals surface area (Å²) < 4.78 is 5.39. The van der Waals surface area contributed by atoms with Gasteiger partial charge in [-0.1, -0.05) is 0 Å². The maximum absolute atomic E-state index is 11.8. The van der Waals surface area contributed by atoms with E-state index in [1.165, 1.54) is 0 Å². The van der Waals surface area contributed by atoms with Crippen LogP contribution in [0.2, 0.25) is 0 Å². The first kappa shape index (κ1) is 11.8. The molecular weight excluding hydrogens is 220 g/mol. The van der Waals surface area contributed by atoms with Crippen molar-refractivity contribution in [2.75, 3.05) is 25.0 Å². The minimum Gasteiger partial charge on any atom is -0.375 e. The molecule has 0 saturated carbocycles. The van der Waals surface area contributed by atoms with Gasteiger partial charge in [0.15, 0.2) is 0 Å². The molecule has 0 aliphatic carbocycles. The number of amides is 2. The average Bonchev–Trinajstić information content (AvgIpc) is 2.26. The van der Waals surface area contributed by atoms with Gasteiger partial charge in [0.25, 0.3) is 0 Å². The van der Waals surface area contributed by atoms with Crippen molar-refractivity contribution in [2.45, 2.75) is 20.0 Å². The van der Waals surface area contributed by atoms with Crippen LogP contribution in [0.3, 0.4) is 0 Å². The second kappa shape index (κ2) is 5.09. The van der Waals surface area contributed by atoms with Gasteiger partial charge in [-0.15, -0.1) is 0 Å². The zero-order valence-electron chi connectivity index (χ0n) is 10.0. The molecule has 1 aliphatic rings. The summed E-state index contributed by atoms with van der Waals surface area (Å²) in [4.78, 5) is 13.5. The van der Waals surface area contributed by atoms with Crippen LogP contribution in [0, 0.1) is 6.92 Å². The third kappa shape index (κ3) is 2.71. The molecule has 92 valence electrons. The number of ether oxygens (including phenoxy) is 1. The number of aromatic nitrogens is 2. The second-order valence-electron chi connectivity index (χ2n) is 3.94. The van der Waals surface area contributed by atoms with Gasteiger partial charge in [0.05, 0.1) is 36.8 Å². The van der Waals surface area contributed by atoms with E-state index in [1.807, 2.05) is 13.8 Å². The molecule has 0 radical (unpaired) electrons. The third-order valence-corrected chi connectivity index (χ3v) is 2.68. The summed E-state index contributed by atoms with van der Waals surface area (Å²) in [6.07, 6.45) is 1.74. The summed E-state index contributed by atoms with van der Waals surface area (Å²) in [6.45, 7) is 5.75. The lowest BCUT2D eigenvalue weighted by Gasteiger charge is -2.38. The van der Waals surface area contributed by atoms with Crippen molar-refractivity contribution in [2.24, 2.45) is 0 Å². The largest absolute Gasteiger partial charge is 0.375 e. The first-order chi connectivity index (χ1) is 8.20. The Morgan fingerprint density at radius 3 is 3.06 bits per heavy atom. The molecule has 1 aromatic heterocycles. The topological polar surface area (TPSA) is 67.3 Å². The van der Waals surface area contributed by atoms with Crippen molar-refractivity contribution in [3.05, 3.63) is 18.0 Å². The highest BCUT2D eigenvalue weighted by Gasteiger charge is 2.31. The Kier molecular flexibility index (Phi) is 3.53. The van der Waals surface area contributed by atoms with Crippen molar-refractivity contribution in [3.63, 3.8) is 0 Å². The number of rotatable bonds is 3. The Balaban J connectivity index is 1.85. The van der Waals surface area contributed by atoms with Crippen LogP contribution in [-0.2, 0) is 4.74 Å². The second-order valence-corrected chi connectivity index (χ2v) is 3.94. The Morgan fingerprint density at radius 1 is 1.65 bits per heavy atom. The van der Waals surface area contributed by atoms with Gasteiger partial charge in [0.1, 0.15) is 0 Å². The van der Waals surface area contributed by atoms with E-state index < -0.39 is 0 Å². The van der Waals surface area contributed by atoms with Gasteiger partial charge in [-0.05, 0) is 19.9 Å². The van der Waals surface area contributed by atoms with Gasteiger partial charge in [-0.3, -0.25) is 0 Å². The molecule has 2 heterocycles. The van der Waals surface area contributed by atoms with E-state index in [4.69, 9.17) is 4.74 Å². The number of anilines is 1. The first-order valence-corrected chi connectivity index (χ1v) is 5.66. The number of nitrogens with zero attached hydrogens (tertiary/aromatic N) is 3. The Bertz CT molecular complexity index is 404. The number of hydrogen-bond donors (Lipinski definition) is 1. The molecular formula is C11H16N4O2. The van der Waals surface area contributed by atoms with E-state index in [2.05, 4.69) is 15.5 Å². The first-order valence-electron chi connectivity index (χ1n) is 5.66. The highest BCUT2D eigenvalue weighted by molar-refractivity contribution is 5.90. The molecule has 1 aliphatic heterocycles. The molecule has 17 heavy (non-hydrogen) atoms. The average molecular weight is 236 g/mol. The quantitative estimate of drug-likeness (QED) is 0.851. The molecule has 0 unspecified atom stereocenters. The molecule has 2 rings (SSSR count). The fourth-order valence-electron chi connectivity index (χ4n) is 1.67. The summed E-state index contributed by atoms with van der Waals surface area (Å²) in [6, 6.07) is 1.62. The molecule has 1 N–H and O–H groups in total. The zero-order valence-corrected chi connectivity index (χ0v) is 10.0. The Morgan fingerprint density at radius 2 is 2.41 bits per heavy atom. The van der Waals surface area contributed by atoms with Crippen LogP contribution >= 0.6 is 0 Å². The van der Waals surface area contributed by atoms with E-state index in [0.29, 0.717) is 31.1 Å².